The first-order valence-corrected chi connectivity index (χ1v) is 8.97. The lowest BCUT2D eigenvalue weighted by molar-refractivity contribution is 0.0943. The smallest absolute Gasteiger partial charge is 0.253 e. The zero-order chi connectivity index (χ0) is 12.5. The van der Waals surface area contributed by atoms with Gasteiger partial charge in [-0.25, -0.2) is 0 Å². The van der Waals surface area contributed by atoms with Crippen LogP contribution in [0.1, 0.15) is 29.6 Å². The number of carbonyl (C=O) groups excluding carboxylic acids is 1. The average molecular weight is 399 g/mol. The molecule has 1 N–H and O–H groups in total. The molecule has 0 aliphatic heterocycles. The summed E-state index contributed by atoms with van der Waals surface area (Å²) >= 11 is 10.2. The van der Waals surface area contributed by atoms with Gasteiger partial charge in [0.1, 0.15) is 0 Å². The van der Waals surface area contributed by atoms with Crippen LogP contribution in [-0.4, -0.2) is 23.5 Å². The molecule has 1 amide bonds. The molecule has 0 radical (unpaired) electrons. The van der Waals surface area contributed by atoms with Crippen molar-refractivity contribution in [1.82, 2.24) is 5.32 Å². The van der Waals surface area contributed by atoms with E-state index in [9.17, 15) is 4.79 Å². The summed E-state index contributed by atoms with van der Waals surface area (Å²) < 4.78 is 2.14. The molecule has 1 aromatic heterocycles. The van der Waals surface area contributed by atoms with Crippen molar-refractivity contribution in [2.24, 2.45) is 0 Å². The first kappa shape index (κ1) is 13.9. The van der Waals surface area contributed by atoms with Gasteiger partial charge in [-0.3, -0.25) is 4.79 Å². The predicted octanol–water partition coefficient (Wildman–Crippen LogP) is 4.29. The van der Waals surface area contributed by atoms with Gasteiger partial charge < -0.3 is 5.32 Å². The monoisotopic (exact) mass is 397 g/mol. The molecule has 0 saturated heterocycles. The summed E-state index contributed by atoms with van der Waals surface area (Å²) in [6, 6.07) is 1.86. The Morgan fingerprint density at radius 1 is 1.59 bits per heavy atom. The van der Waals surface area contributed by atoms with E-state index in [4.69, 9.17) is 0 Å². The van der Waals surface area contributed by atoms with Gasteiger partial charge in [-0.2, -0.15) is 11.8 Å². The molecule has 94 valence electrons. The van der Waals surface area contributed by atoms with E-state index in [1.54, 1.807) is 0 Å². The Kier molecular flexibility index (Phi) is 4.61. The van der Waals surface area contributed by atoms with Crippen molar-refractivity contribution >= 4 is 60.9 Å². The fourth-order valence-corrected chi connectivity index (χ4v) is 5.56. The summed E-state index contributed by atoms with van der Waals surface area (Å²) in [7, 11) is 0. The lowest BCUT2D eigenvalue weighted by Gasteiger charge is -2.40. The van der Waals surface area contributed by atoms with Gasteiger partial charge in [0, 0.05) is 11.3 Å². The molecule has 0 bridgehead atoms. The molecule has 0 unspecified atom stereocenters. The van der Waals surface area contributed by atoms with Crippen molar-refractivity contribution in [1.29, 1.82) is 0 Å². The average Bonchev–Trinajstić information content (AvgIpc) is 2.57. The number of hydrogen-bond acceptors (Lipinski definition) is 3. The van der Waals surface area contributed by atoms with Gasteiger partial charge in [-0.05, 0) is 57.0 Å². The summed E-state index contributed by atoms with van der Waals surface area (Å²) in [6.07, 6.45) is 5.83. The summed E-state index contributed by atoms with van der Waals surface area (Å²) in [6.45, 7) is 0.771. The number of nitrogens with one attached hydrogen (secondary N) is 1. The lowest BCUT2D eigenvalue weighted by Crippen LogP contribution is -2.45. The van der Waals surface area contributed by atoms with Crippen LogP contribution in [0.4, 0.5) is 0 Å². The molecule has 0 spiro atoms. The lowest BCUT2D eigenvalue weighted by atomic mass is 9.84. The number of halogens is 2. The summed E-state index contributed by atoms with van der Waals surface area (Å²) in [5, 5.41) is 3.04. The maximum absolute atomic E-state index is 12.0. The maximum Gasteiger partial charge on any atom is 0.253 e. The Balaban J connectivity index is 1.95. The van der Waals surface area contributed by atoms with Crippen molar-refractivity contribution in [3.63, 3.8) is 0 Å². The normalized spacial score (nSPS) is 17.6. The number of amides is 1. The second kappa shape index (κ2) is 5.63. The molecule has 1 aliphatic carbocycles. The van der Waals surface area contributed by atoms with Gasteiger partial charge >= 0.3 is 0 Å². The van der Waals surface area contributed by atoms with Crippen molar-refractivity contribution < 1.29 is 4.79 Å². The van der Waals surface area contributed by atoms with E-state index in [2.05, 4.69) is 43.4 Å². The highest BCUT2D eigenvalue weighted by Crippen LogP contribution is 2.42. The van der Waals surface area contributed by atoms with Crippen LogP contribution in [-0.2, 0) is 0 Å². The summed E-state index contributed by atoms with van der Waals surface area (Å²) in [5.74, 6) is 0.0131. The van der Waals surface area contributed by atoms with Crippen molar-refractivity contribution in [2.45, 2.75) is 24.0 Å². The fourth-order valence-electron chi connectivity index (χ4n) is 1.86. The minimum Gasteiger partial charge on any atom is -0.351 e. The molecular weight excluding hydrogens is 386 g/mol. The molecule has 1 saturated carbocycles. The van der Waals surface area contributed by atoms with E-state index in [0.717, 1.165) is 19.7 Å². The van der Waals surface area contributed by atoms with Crippen LogP contribution >= 0.6 is 55.0 Å². The largest absolute Gasteiger partial charge is 0.351 e. The van der Waals surface area contributed by atoms with Crippen molar-refractivity contribution in [3.8, 4) is 0 Å². The minimum absolute atomic E-state index is 0.0131. The van der Waals surface area contributed by atoms with Crippen LogP contribution in [0.15, 0.2) is 13.6 Å². The number of hydrogen-bond donors (Lipinski definition) is 1. The third-order valence-electron chi connectivity index (χ3n) is 3.17. The Morgan fingerprint density at radius 3 is 2.71 bits per heavy atom. The topological polar surface area (TPSA) is 29.1 Å². The molecule has 17 heavy (non-hydrogen) atoms. The number of thiophene rings is 1. The number of rotatable bonds is 4. The highest BCUT2D eigenvalue weighted by atomic mass is 79.9. The standard InChI is InChI=1S/C11H13Br2NOS2/c1-16-11(3-2-4-11)6-14-10(15)7-5-8(12)17-9(7)13/h5H,2-4,6H2,1H3,(H,14,15). The zero-order valence-corrected chi connectivity index (χ0v) is 14.2. The van der Waals surface area contributed by atoms with E-state index < -0.39 is 0 Å². The molecule has 1 fully saturated rings. The first-order valence-electron chi connectivity index (χ1n) is 5.34. The quantitative estimate of drug-likeness (QED) is 0.819. The highest BCUT2D eigenvalue weighted by Gasteiger charge is 2.36. The Morgan fingerprint density at radius 2 is 2.29 bits per heavy atom. The van der Waals surface area contributed by atoms with Crippen molar-refractivity contribution in [3.05, 3.63) is 19.2 Å². The molecule has 2 nitrogen and oxygen atoms in total. The van der Waals surface area contributed by atoms with Gasteiger partial charge in [0.15, 0.2) is 0 Å². The van der Waals surface area contributed by atoms with E-state index in [1.807, 2.05) is 17.8 Å². The van der Waals surface area contributed by atoms with Gasteiger partial charge in [-0.1, -0.05) is 6.42 Å². The van der Waals surface area contributed by atoms with Gasteiger partial charge in [0.05, 0.1) is 13.1 Å². The highest BCUT2D eigenvalue weighted by molar-refractivity contribution is 9.12. The molecule has 2 rings (SSSR count). The van der Waals surface area contributed by atoms with Crippen LogP contribution in [0.25, 0.3) is 0 Å². The Labute approximate surface area is 126 Å². The second-order valence-electron chi connectivity index (χ2n) is 4.16. The van der Waals surface area contributed by atoms with Crippen LogP contribution in [0, 0.1) is 0 Å². The Bertz CT molecular complexity index is 424. The van der Waals surface area contributed by atoms with Gasteiger partial charge in [0.2, 0.25) is 0 Å². The third kappa shape index (κ3) is 3.08. The maximum atomic E-state index is 12.0. The molecular formula is C11H13Br2NOS2. The fraction of sp³-hybridized carbons (Fsp3) is 0.545. The summed E-state index contributed by atoms with van der Waals surface area (Å²) in [4.78, 5) is 12.0. The van der Waals surface area contributed by atoms with Gasteiger partial charge in [-0.15, -0.1) is 11.3 Å². The first-order chi connectivity index (χ1) is 8.06. The molecule has 0 aromatic carbocycles. The molecule has 0 atom stereocenters. The van der Waals surface area contributed by atoms with Crippen molar-refractivity contribution in [2.75, 3.05) is 12.8 Å². The van der Waals surface area contributed by atoms with Gasteiger partial charge in [0.25, 0.3) is 5.91 Å². The van der Waals surface area contributed by atoms with E-state index in [1.165, 1.54) is 30.6 Å². The summed E-state index contributed by atoms with van der Waals surface area (Å²) in [5.41, 5.74) is 0.720. The number of carbonyl (C=O) groups is 1. The van der Waals surface area contributed by atoms with Crippen LogP contribution in [0.2, 0.25) is 0 Å². The SMILES string of the molecule is CSC1(CNC(=O)c2cc(Br)sc2Br)CCC1. The van der Waals surface area contributed by atoms with E-state index in [-0.39, 0.29) is 10.7 Å². The molecule has 1 aromatic rings. The minimum atomic E-state index is 0.0131. The molecule has 1 aliphatic rings. The second-order valence-corrected chi connectivity index (χ2v) is 9.18. The van der Waals surface area contributed by atoms with Crippen LogP contribution in [0.5, 0.6) is 0 Å². The van der Waals surface area contributed by atoms with Crippen LogP contribution in [0.3, 0.4) is 0 Å². The molecule has 1 heterocycles. The molecule has 6 heteroatoms. The van der Waals surface area contributed by atoms with Crippen LogP contribution < -0.4 is 5.32 Å². The third-order valence-corrected chi connectivity index (χ3v) is 6.93. The predicted molar refractivity (Wildman–Crippen MR) is 82.1 cm³/mol. The van der Waals surface area contributed by atoms with E-state index >= 15 is 0 Å². The van der Waals surface area contributed by atoms with E-state index in [0.29, 0.717) is 0 Å². The number of thioether (sulfide) groups is 1. The zero-order valence-electron chi connectivity index (χ0n) is 9.39. The Hall–Kier alpha value is 0.480.